The van der Waals surface area contributed by atoms with E-state index in [0.29, 0.717) is 17.7 Å². The summed E-state index contributed by atoms with van der Waals surface area (Å²) in [5, 5.41) is 4.68. The molecule has 0 aromatic heterocycles. The highest BCUT2D eigenvalue weighted by Crippen LogP contribution is 2.26. The van der Waals surface area contributed by atoms with E-state index >= 15 is 0 Å². The largest absolute Gasteiger partial charge is 0.489 e. The van der Waals surface area contributed by atoms with Gasteiger partial charge in [-0.2, -0.15) is 0 Å². The first-order valence-corrected chi connectivity index (χ1v) is 10.1. The van der Waals surface area contributed by atoms with Gasteiger partial charge in [-0.15, -0.1) is 0 Å². The molecule has 1 heterocycles. The lowest BCUT2D eigenvalue weighted by molar-refractivity contribution is 0.0531. The van der Waals surface area contributed by atoms with Gasteiger partial charge in [0, 0.05) is 30.9 Å². The maximum Gasteiger partial charge on any atom is 0.407 e. The molecule has 1 amide bonds. The number of amides is 1. The number of hydrogen-bond donors (Lipinski definition) is 1. The van der Waals surface area contributed by atoms with Crippen LogP contribution in [0.15, 0.2) is 48.3 Å². The van der Waals surface area contributed by atoms with Gasteiger partial charge in [-0.05, 0) is 55.8 Å². The van der Waals surface area contributed by atoms with Crippen molar-refractivity contribution in [3.05, 3.63) is 48.3 Å². The third-order valence-corrected chi connectivity index (χ3v) is 4.61. The second-order valence-corrected chi connectivity index (χ2v) is 8.20. The fourth-order valence-corrected chi connectivity index (χ4v) is 3.12. The summed E-state index contributed by atoms with van der Waals surface area (Å²) in [6.07, 6.45) is -0.142. The van der Waals surface area contributed by atoms with Crippen LogP contribution in [0.5, 0.6) is 5.75 Å². The summed E-state index contributed by atoms with van der Waals surface area (Å²) in [5.41, 5.74) is 0.881. The van der Waals surface area contributed by atoms with Crippen LogP contribution in [-0.4, -0.2) is 51.1 Å². The lowest BCUT2D eigenvalue weighted by Crippen LogP contribution is -2.36. The number of carbonyl (C=O) groups is 1. The smallest absolute Gasteiger partial charge is 0.407 e. The summed E-state index contributed by atoms with van der Waals surface area (Å²) in [5.74, 6) is 0.637. The molecular formula is C23H29FN2O4. The van der Waals surface area contributed by atoms with Gasteiger partial charge in [0.05, 0.1) is 19.5 Å². The molecule has 0 saturated carbocycles. The highest BCUT2D eigenvalue weighted by atomic mass is 19.1. The zero-order valence-electron chi connectivity index (χ0n) is 17.7. The Morgan fingerprint density at radius 3 is 2.57 bits per heavy atom. The van der Waals surface area contributed by atoms with Crippen molar-refractivity contribution >= 4 is 22.6 Å². The molecule has 162 valence electrons. The van der Waals surface area contributed by atoms with Gasteiger partial charge in [0.1, 0.15) is 18.0 Å². The molecule has 0 unspecified atom stereocenters. The van der Waals surface area contributed by atoms with E-state index in [4.69, 9.17) is 14.2 Å². The normalized spacial score (nSPS) is 15.2. The van der Waals surface area contributed by atoms with E-state index in [1.165, 1.54) is 5.69 Å². The lowest BCUT2D eigenvalue weighted by atomic mass is 10.1. The SMILES string of the molecule is CC(C)(C)OC(=O)NC/C(=C\F)COc1ccc2cc(N3CCOCC3)ccc2c1. The number of carbonyl (C=O) groups excluding carboxylic acids is 1. The van der Waals surface area contributed by atoms with Crippen molar-refractivity contribution in [2.45, 2.75) is 26.4 Å². The fourth-order valence-electron chi connectivity index (χ4n) is 3.12. The minimum atomic E-state index is -0.604. The number of halogens is 1. The van der Waals surface area contributed by atoms with Crippen LogP contribution in [-0.2, 0) is 9.47 Å². The Balaban J connectivity index is 1.56. The first-order chi connectivity index (χ1) is 14.3. The molecule has 0 aliphatic carbocycles. The molecule has 0 spiro atoms. The molecule has 0 bridgehead atoms. The quantitative estimate of drug-likeness (QED) is 0.755. The number of hydrogen-bond acceptors (Lipinski definition) is 5. The van der Waals surface area contributed by atoms with E-state index in [1.807, 2.05) is 18.2 Å². The van der Waals surface area contributed by atoms with Crippen LogP contribution in [0.2, 0.25) is 0 Å². The predicted octanol–water partition coefficient (Wildman–Crippen LogP) is 4.43. The molecule has 7 heteroatoms. The van der Waals surface area contributed by atoms with Crippen molar-refractivity contribution in [1.82, 2.24) is 5.32 Å². The number of alkyl carbamates (subject to hydrolysis) is 1. The minimum absolute atomic E-state index is 0.0158. The van der Waals surface area contributed by atoms with Crippen LogP contribution in [0.25, 0.3) is 10.8 Å². The van der Waals surface area contributed by atoms with Crippen LogP contribution in [0, 0.1) is 0 Å². The van der Waals surface area contributed by atoms with Gasteiger partial charge in [0.25, 0.3) is 0 Å². The van der Waals surface area contributed by atoms with Gasteiger partial charge >= 0.3 is 6.09 Å². The Hall–Kier alpha value is -2.80. The number of nitrogens with zero attached hydrogens (tertiary/aromatic N) is 1. The standard InChI is InChI=1S/C23H29FN2O4/c1-23(2,3)30-22(27)25-15-17(14-24)16-29-21-7-5-18-12-20(6-4-19(18)13-21)26-8-10-28-11-9-26/h4-7,12-14H,8-11,15-16H2,1-3H3,(H,25,27)/b17-14+. The number of nitrogens with one attached hydrogen (secondary N) is 1. The highest BCUT2D eigenvalue weighted by molar-refractivity contribution is 5.87. The van der Waals surface area contributed by atoms with Gasteiger partial charge in [-0.3, -0.25) is 0 Å². The summed E-state index contributed by atoms with van der Waals surface area (Å²) < 4.78 is 29.5. The van der Waals surface area contributed by atoms with Crippen molar-refractivity contribution < 1.29 is 23.4 Å². The molecule has 2 aromatic rings. The van der Waals surface area contributed by atoms with Crippen molar-refractivity contribution in [2.24, 2.45) is 0 Å². The Kier molecular flexibility index (Phi) is 7.15. The van der Waals surface area contributed by atoms with Gasteiger partial charge < -0.3 is 24.4 Å². The van der Waals surface area contributed by atoms with Gasteiger partial charge in [0.15, 0.2) is 0 Å². The zero-order valence-corrected chi connectivity index (χ0v) is 17.7. The Labute approximate surface area is 176 Å². The number of fused-ring (bicyclic) bond motifs is 1. The summed E-state index contributed by atoms with van der Waals surface area (Å²) in [6, 6.07) is 12.1. The molecule has 2 aromatic carbocycles. The molecule has 0 atom stereocenters. The van der Waals surface area contributed by atoms with Crippen molar-refractivity contribution in [3.63, 3.8) is 0 Å². The number of benzene rings is 2. The molecule has 1 aliphatic rings. The first kappa shape index (κ1) is 21.9. The second-order valence-electron chi connectivity index (χ2n) is 8.20. The monoisotopic (exact) mass is 416 g/mol. The zero-order chi connectivity index (χ0) is 21.6. The number of anilines is 1. The molecular weight excluding hydrogens is 387 g/mol. The minimum Gasteiger partial charge on any atom is -0.489 e. The van der Waals surface area contributed by atoms with E-state index in [-0.39, 0.29) is 13.2 Å². The van der Waals surface area contributed by atoms with Gasteiger partial charge in [-0.1, -0.05) is 12.1 Å². The van der Waals surface area contributed by atoms with E-state index in [1.54, 1.807) is 20.8 Å². The average molecular weight is 416 g/mol. The van der Waals surface area contributed by atoms with E-state index < -0.39 is 11.7 Å². The predicted molar refractivity (Wildman–Crippen MR) is 116 cm³/mol. The van der Waals surface area contributed by atoms with Gasteiger partial charge in [0.2, 0.25) is 0 Å². The molecule has 6 nitrogen and oxygen atoms in total. The first-order valence-electron chi connectivity index (χ1n) is 10.1. The second kappa shape index (κ2) is 9.80. The maximum atomic E-state index is 13.2. The molecule has 3 rings (SSSR count). The molecule has 1 N–H and O–H groups in total. The Morgan fingerprint density at radius 1 is 1.17 bits per heavy atom. The number of ether oxygens (including phenoxy) is 3. The van der Waals surface area contributed by atoms with Crippen molar-refractivity contribution in [1.29, 1.82) is 0 Å². The molecule has 1 aliphatic heterocycles. The maximum absolute atomic E-state index is 13.2. The molecule has 1 fully saturated rings. The van der Waals surface area contributed by atoms with Crippen LogP contribution in [0.4, 0.5) is 14.9 Å². The molecule has 0 radical (unpaired) electrons. The molecule has 1 saturated heterocycles. The van der Waals surface area contributed by atoms with Crippen LogP contribution >= 0.6 is 0 Å². The fraction of sp³-hybridized carbons (Fsp3) is 0.435. The van der Waals surface area contributed by atoms with Crippen LogP contribution in [0.1, 0.15) is 20.8 Å². The topological polar surface area (TPSA) is 60.0 Å². The third kappa shape index (κ3) is 6.35. The van der Waals surface area contributed by atoms with Crippen molar-refractivity contribution in [2.75, 3.05) is 44.4 Å². The molecule has 30 heavy (non-hydrogen) atoms. The third-order valence-electron chi connectivity index (χ3n) is 4.61. The Bertz CT molecular complexity index is 902. The number of rotatable bonds is 6. The van der Waals surface area contributed by atoms with E-state index in [9.17, 15) is 9.18 Å². The summed E-state index contributed by atoms with van der Waals surface area (Å²) in [4.78, 5) is 14.0. The van der Waals surface area contributed by atoms with Crippen LogP contribution in [0.3, 0.4) is 0 Å². The summed E-state index contributed by atoms with van der Waals surface area (Å²) >= 11 is 0. The van der Waals surface area contributed by atoms with Gasteiger partial charge in [-0.25, -0.2) is 9.18 Å². The van der Waals surface area contributed by atoms with Crippen LogP contribution < -0.4 is 15.0 Å². The van der Waals surface area contributed by atoms with E-state index in [2.05, 4.69) is 28.4 Å². The summed E-state index contributed by atoms with van der Waals surface area (Å²) in [6.45, 7) is 8.63. The van der Waals surface area contributed by atoms with E-state index in [0.717, 1.165) is 37.1 Å². The summed E-state index contributed by atoms with van der Waals surface area (Å²) in [7, 11) is 0. The highest BCUT2D eigenvalue weighted by Gasteiger charge is 2.16. The number of morpholine rings is 1. The average Bonchev–Trinajstić information content (AvgIpc) is 2.72. The Morgan fingerprint density at radius 2 is 1.87 bits per heavy atom. The van der Waals surface area contributed by atoms with Crippen molar-refractivity contribution in [3.8, 4) is 5.75 Å². The lowest BCUT2D eigenvalue weighted by Gasteiger charge is -2.29.